The van der Waals surface area contributed by atoms with Gasteiger partial charge in [-0.25, -0.2) is 9.78 Å². The van der Waals surface area contributed by atoms with E-state index in [1.807, 2.05) is 11.8 Å². The molecule has 0 radical (unpaired) electrons. The number of hydrogen-bond donors (Lipinski definition) is 2. The molecule has 1 aliphatic rings. The maximum absolute atomic E-state index is 11.9. The van der Waals surface area contributed by atoms with Crippen LogP contribution in [0.25, 0.3) is 0 Å². The number of aromatic nitrogens is 4. The lowest BCUT2D eigenvalue weighted by Crippen LogP contribution is -2.51. The van der Waals surface area contributed by atoms with Gasteiger partial charge in [-0.1, -0.05) is 0 Å². The Kier molecular flexibility index (Phi) is 3.92. The minimum Gasteiger partial charge on any atom is -0.479 e. The number of piperidine rings is 1. The lowest BCUT2D eigenvalue weighted by molar-refractivity contribution is -0.149. The summed E-state index contributed by atoms with van der Waals surface area (Å²) in [6, 6.07) is 0. The first-order valence-electron chi connectivity index (χ1n) is 7.54. The highest BCUT2D eigenvalue weighted by Gasteiger charge is 2.44. The molecule has 2 aromatic heterocycles. The van der Waals surface area contributed by atoms with Crippen LogP contribution in [0, 0.1) is 6.92 Å². The van der Waals surface area contributed by atoms with Crippen molar-refractivity contribution < 1.29 is 14.7 Å². The Hall–Kier alpha value is -2.97. The van der Waals surface area contributed by atoms with Crippen LogP contribution in [0.5, 0.6) is 0 Å². The molecule has 1 amide bonds. The fraction of sp³-hybridized carbons (Fsp3) is 0.400. The van der Waals surface area contributed by atoms with Gasteiger partial charge in [0.25, 0.3) is 5.91 Å². The van der Waals surface area contributed by atoms with Crippen molar-refractivity contribution in [1.29, 1.82) is 0 Å². The number of aliphatic carboxylic acids is 1. The van der Waals surface area contributed by atoms with Gasteiger partial charge < -0.3 is 15.7 Å². The molecule has 0 atom stereocenters. The van der Waals surface area contributed by atoms with E-state index in [0.717, 1.165) is 5.56 Å². The predicted octanol–water partition coefficient (Wildman–Crippen LogP) is 0.161. The second-order valence-corrected chi connectivity index (χ2v) is 5.91. The molecule has 0 unspecified atom stereocenters. The Bertz CT molecular complexity index is 779. The zero-order valence-electron chi connectivity index (χ0n) is 13.2. The molecule has 1 aliphatic heterocycles. The molecule has 3 rings (SSSR count). The van der Waals surface area contributed by atoms with Gasteiger partial charge in [-0.15, -0.1) is 0 Å². The maximum Gasteiger partial charge on any atom is 0.331 e. The first-order valence-corrected chi connectivity index (χ1v) is 7.54. The van der Waals surface area contributed by atoms with Crippen LogP contribution in [-0.4, -0.2) is 49.8 Å². The SMILES string of the molecule is Cc1cnn(C2(C(=O)O)CCN(c3cncc(C(N)=O)n3)CC2)c1. The second-order valence-electron chi connectivity index (χ2n) is 5.91. The molecule has 1 fully saturated rings. The Morgan fingerprint density at radius 2 is 1.96 bits per heavy atom. The number of nitrogens with two attached hydrogens (primary N) is 1. The molecule has 2 aromatic rings. The summed E-state index contributed by atoms with van der Waals surface area (Å²) < 4.78 is 1.54. The predicted molar refractivity (Wildman–Crippen MR) is 84.6 cm³/mol. The number of rotatable bonds is 4. The molecule has 9 nitrogen and oxygen atoms in total. The molecule has 0 aliphatic carbocycles. The van der Waals surface area contributed by atoms with Crippen LogP contribution in [-0.2, 0) is 10.3 Å². The number of aryl methyl sites for hydroxylation is 1. The molecule has 0 spiro atoms. The fourth-order valence-corrected chi connectivity index (χ4v) is 2.92. The number of anilines is 1. The Labute approximate surface area is 138 Å². The zero-order chi connectivity index (χ0) is 17.3. The average molecular weight is 330 g/mol. The molecule has 1 saturated heterocycles. The largest absolute Gasteiger partial charge is 0.479 e. The Morgan fingerprint density at radius 1 is 1.25 bits per heavy atom. The third-order valence-corrected chi connectivity index (χ3v) is 4.34. The van der Waals surface area contributed by atoms with Crippen LogP contribution in [0.2, 0.25) is 0 Å². The standard InChI is InChI=1S/C15H18N6O3/c1-10-6-18-21(9-10)15(14(23)24)2-4-20(5-3-15)12-8-17-7-11(19-12)13(16)22/h6-9H,2-5H2,1H3,(H2,16,22)(H,23,24). The number of primary amides is 1. The van der Waals surface area contributed by atoms with Crippen LogP contribution in [0.4, 0.5) is 5.82 Å². The molecular formula is C15H18N6O3. The number of nitrogens with zero attached hydrogens (tertiary/aromatic N) is 5. The van der Waals surface area contributed by atoms with Crippen molar-refractivity contribution in [3.63, 3.8) is 0 Å². The molecule has 0 bridgehead atoms. The van der Waals surface area contributed by atoms with Gasteiger partial charge in [-0.3, -0.25) is 14.5 Å². The normalized spacial score (nSPS) is 16.8. The van der Waals surface area contributed by atoms with E-state index in [0.29, 0.717) is 31.7 Å². The van der Waals surface area contributed by atoms with Gasteiger partial charge in [-0.05, 0) is 12.5 Å². The summed E-state index contributed by atoms with van der Waals surface area (Å²) in [7, 11) is 0. The van der Waals surface area contributed by atoms with E-state index in [1.54, 1.807) is 12.4 Å². The van der Waals surface area contributed by atoms with Crippen molar-refractivity contribution in [2.45, 2.75) is 25.3 Å². The second kappa shape index (κ2) is 5.91. The van der Waals surface area contributed by atoms with E-state index in [1.165, 1.54) is 17.1 Å². The van der Waals surface area contributed by atoms with Gasteiger partial charge in [-0.2, -0.15) is 5.10 Å². The average Bonchev–Trinajstić information content (AvgIpc) is 3.01. The van der Waals surface area contributed by atoms with Crippen molar-refractivity contribution in [3.05, 3.63) is 36.0 Å². The van der Waals surface area contributed by atoms with Gasteiger partial charge in [0.05, 0.1) is 18.6 Å². The van der Waals surface area contributed by atoms with Crippen molar-refractivity contribution in [1.82, 2.24) is 19.7 Å². The smallest absolute Gasteiger partial charge is 0.331 e. The highest BCUT2D eigenvalue weighted by molar-refractivity contribution is 5.90. The summed E-state index contributed by atoms with van der Waals surface area (Å²) in [6.07, 6.45) is 6.98. The molecule has 126 valence electrons. The number of carboxylic acid groups (broad SMARTS) is 1. The first-order chi connectivity index (χ1) is 11.4. The Morgan fingerprint density at radius 3 is 2.50 bits per heavy atom. The monoisotopic (exact) mass is 330 g/mol. The lowest BCUT2D eigenvalue weighted by Gasteiger charge is -2.39. The molecule has 9 heteroatoms. The minimum atomic E-state index is -1.07. The van der Waals surface area contributed by atoms with Gasteiger partial charge >= 0.3 is 5.97 Å². The Balaban J connectivity index is 1.82. The summed E-state index contributed by atoms with van der Waals surface area (Å²) in [6.45, 7) is 2.79. The van der Waals surface area contributed by atoms with E-state index < -0.39 is 17.4 Å². The molecule has 0 saturated carbocycles. The summed E-state index contributed by atoms with van der Waals surface area (Å²) in [5, 5.41) is 14.0. The van der Waals surface area contributed by atoms with Crippen LogP contribution in [0.3, 0.4) is 0 Å². The van der Waals surface area contributed by atoms with E-state index in [-0.39, 0.29) is 5.69 Å². The van der Waals surface area contributed by atoms with Gasteiger partial charge in [0.1, 0.15) is 11.5 Å². The number of carbonyl (C=O) groups is 2. The topological polar surface area (TPSA) is 127 Å². The van der Waals surface area contributed by atoms with Crippen LogP contribution < -0.4 is 10.6 Å². The molecule has 24 heavy (non-hydrogen) atoms. The summed E-state index contributed by atoms with van der Waals surface area (Å²) in [4.78, 5) is 33.2. The molecule has 0 aromatic carbocycles. The van der Waals surface area contributed by atoms with Crippen LogP contribution in [0.1, 0.15) is 28.9 Å². The van der Waals surface area contributed by atoms with Gasteiger partial charge in [0, 0.05) is 32.1 Å². The number of hydrogen-bond acceptors (Lipinski definition) is 6. The van der Waals surface area contributed by atoms with Gasteiger partial charge in [0.2, 0.25) is 0 Å². The number of amides is 1. The highest BCUT2D eigenvalue weighted by Crippen LogP contribution is 2.32. The van der Waals surface area contributed by atoms with Crippen molar-refractivity contribution in [2.75, 3.05) is 18.0 Å². The van der Waals surface area contributed by atoms with Crippen LogP contribution >= 0.6 is 0 Å². The van der Waals surface area contributed by atoms with E-state index in [2.05, 4.69) is 15.1 Å². The van der Waals surface area contributed by atoms with Gasteiger partial charge in [0.15, 0.2) is 5.54 Å². The van der Waals surface area contributed by atoms with Crippen molar-refractivity contribution in [2.24, 2.45) is 5.73 Å². The number of carbonyl (C=O) groups excluding carboxylic acids is 1. The highest BCUT2D eigenvalue weighted by atomic mass is 16.4. The first kappa shape index (κ1) is 15.9. The molecule has 3 heterocycles. The summed E-state index contributed by atoms with van der Waals surface area (Å²) >= 11 is 0. The quantitative estimate of drug-likeness (QED) is 0.817. The summed E-state index contributed by atoms with van der Waals surface area (Å²) in [5.41, 5.74) is 5.16. The molecular weight excluding hydrogens is 312 g/mol. The zero-order valence-corrected chi connectivity index (χ0v) is 13.2. The lowest BCUT2D eigenvalue weighted by atomic mass is 9.87. The summed E-state index contributed by atoms with van der Waals surface area (Å²) in [5.74, 6) is -1.03. The molecule has 3 N–H and O–H groups in total. The maximum atomic E-state index is 11.9. The van der Waals surface area contributed by atoms with E-state index in [9.17, 15) is 14.7 Å². The number of carboxylic acids is 1. The van der Waals surface area contributed by atoms with E-state index in [4.69, 9.17) is 5.73 Å². The fourth-order valence-electron chi connectivity index (χ4n) is 2.92. The van der Waals surface area contributed by atoms with Crippen molar-refractivity contribution in [3.8, 4) is 0 Å². The van der Waals surface area contributed by atoms with Crippen LogP contribution in [0.15, 0.2) is 24.8 Å². The third-order valence-electron chi connectivity index (χ3n) is 4.34. The minimum absolute atomic E-state index is 0.0882. The third kappa shape index (κ3) is 2.68. The van der Waals surface area contributed by atoms with E-state index >= 15 is 0 Å². The van der Waals surface area contributed by atoms with Crippen molar-refractivity contribution >= 4 is 17.7 Å².